The summed E-state index contributed by atoms with van der Waals surface area (Å²) in [7, 11) is 1.74. The Kier molecular flexibility index (Phi) is 1.48. The Bertz CT molecular complexity index is 475. The molecule has 0 radical (unpaired) electrons. The molecule has 0 saturated heterocycles. The molecule has 2 heterocycles. The Hall–Kier alpha value is -1.98. The lowest BCUT2D eigenvalue weighted by molar-refractivity contribution is 0.791. The normalized spacial score (nSPS) is 10.5. The molecular formula is C7H7N5O. The number of hydrogen-bond donors (Lipinski definition) is 1. The van der Waals surface area contributed by atoms with Gasteiger partial charge in [-0.2, -0.15) is 5.10 Å². The predicted octanol–water partition coefficient (Wildman–Crippen LogP) is 0.948. The number of nitrogen functional groups attached to an aromatic ring is 1. The molecule has 6 heteroatoms. The van der Waals surface area contributed by atoms with Crippen LogP contribution in [0.4, 0.5) is 11.5 Å². The van der Waals surface area contributed by atoms with Crippen molar-refractivity contribution in [3.63, 3.8) is 0 Å². The van der Waals surface area contributed by atoms with Crippen LogP contribution in [-0.4, -0.2) is 14.8 Å². The van der Waals surface area contributed by atoms with E-state index in [0.29, 0.717) is 16.9 Å². The Balaban J connectivity index is 2.83. The van der Waals surface area contributed by atoms with Crippen LogP contribution in [0.1, 0.15) is 0 Å². The number of anilines is 1. The molecule has 0 amide bonds. The first-order valence-corrected chi connectivity index (χ1v) is 3.64. The molecule has 2 rings (SSSR count). The van der Waals surface area contributed by atoms with Gasteiger partial charge in [0, 0.05) is 7.05 Å². The molecule has 0 saturated carbocycles. The SMILES string of the molecule is Cn1nc(N)c2cc(N=O)cnc21. The van der Waals surface area contributed by atoms with Crippen molar-refractivity contribution >= 4 is 22.5 Å². The molecule has 0 spiro atoms. The third-order valence-corrected chi connectivity index (χ3v) is 1.80. The van der Waals surface area contributed by atoms with Crippen molar-refractivity contribution in [2.24, 2.45) is 12.2 Å². The monoisotopic (exact) mass is 177 g/mol. The maximum atomic E-state index is 10.2. The summed E-state index contributed by atoms with van der Waals surface area (Å²) in [4.78, 5) is 14.2. The number of fused-ring (bicyclic) bond motifs is 1. The van der Waals surface area contributed by atoms with Crippen LogP contribution in [0.15, 0.2) is 17.4 Å². The highest BCUT2D eigenvalue weighted by atomic mass is 16.3. The number of pyridine rings is 1. The van der Waals surface area contributed by atoms with Crippen molar-refractivity contribution in [2.45, 2.75) is 0 Å². The van der Waals surface area contributed by atoms with E-state index in [-0.39, 0.29) is 5.69 Å². The molecule has 66 valence electrons. The second-order valence-corrected chi connectivity index (χ2v) is 2.66. The predicted molar refractivity (Wildman–Crippen MR) is 48.4 cm³/mol. The number of hydrogen-bond acceptors (Lipinski definition) is 5. The second-order valence-electron chi connectivity index (χ2n) is 2.66. The van der Waals surface area contributed by atoms with Crippen LogP contribution in [0.3, 0.4) is 0 Å². The fourth-order valence-corrected chi connectivity index (χ4v) is 1.21. The first-order valence-electron chi connectivity index (χ1n) is 3.64. The molecule has 13 heavy (non-hydrogen) atoms. The first-order chi connectivity index (χ1) is 6.22. The van der Waals surface area contributed by atoms with Crippen molar-refractivity contribution in [2.75, 3.05) is 5.73 Å². The van der Waals surface area contributed by atoms with E-state index in [2.05, 4.69) is 15.3 Å². The third-order valence-electron chi connectivity index (χ3n) is 1.80. The molecule has 0 aliphatic heterocycles. The quantitative estimate of drug-likeness (QED) is 0.657. The van der Waals surface area contributed by atoms with Crippen LogP contribution in [0.25, 0.3) is 11.0 Å². The van der Waals surface area contributed by atoms with E-state index in [1.54, 1.807) is 17.8 Å². The molecule has 0 fully saturated rings. The molecule has 2 N–H and O–H groups in total. The first kappa shape index (κ1) is 7.66. The minimum Gasteiger partial charge on any atom is -0.382 e. The van der Waals surface area contributed by atoms with Gasteiger partial charge in [-0.05, 0) is 11.2 Å². The highest BCUT2D eigenvalue weighted by molar-refractivity contribution is 5.88. The summed E-state index contributed by atoms with van der Waals surface area (Å²) in [5.74, 6) is 0.357. The Labute approximate surface area is 73.3 Å². The number of rotatable bonds is 1. The minimum absolute atomic E-state index is 0.257. The van der Waals surface area contributed by atoms with Gasteiger partial charge in [0.2, 0.25) is 0 Å². The number of aromatic nitrogens is 3. The maximum absolute atomic E-state index is 10.2. The Morgan fingerprint density at radius 3 is 3.08 bits per heavy atom. The molecule has 0 aromatic carbocycles. The second kappa shape index (κ2) is 2.51. The van der Waals surface area contributed by atoms with Crippen LogP contribution >= 0.6 is 0 Å². The Morgan fingerprint density at radius 2 is 2.38 bits per heavy atom. The van der Waals surface area contributed by atoms with Gasteiger partial charge in [-0.3, -0.25) is 0 Å². The molecule has 0 unspecified atom stereocenters. The van der Waals surface area contributed by atoms with Crippen molar-refractivity contribution in [3.8, 4) is 0 Å². The summed E-state index contributed by atoms with van der Waals surface area (Å²) in [6.07, 6.45) is 1.39. The zero-order chi connectivity index (χ0) is 9.42. The van der Waals surface area contributed by atoms with Crippen LogP contribution in [0.2, 0.25) is 0 Å². The average molecular weight is 177 g/mol. The average Bonchev–Trinajstić information content (AvgIpc) is 2.42. The highest BCUT2D eigenvalue weighted by Crippen LogP contribution is 2.22. The zero-order valence-electron chi connectivity index (χ0n) is 6.93. The number of nitrogens with zero attached hydrogens (tertiary/aromatic N) is 4. The summed E-state index contributed by atoms with van der Waals surface area (Å²) < 4.78 is 1.55. The summed E-state index contributed by atoms with van der Waals surface area (Å²) >= 11 is 0. The molecule has 2 aromatic rings. The van der Waals surface area contributed by atoms with Crippen LogP contribution in [0, 0.1) is 4.91 Å². The van der Waals surface area contributed by atoms with Crippen molar-refractivity contribution in [1.82, 2.24) is 14.8 Å². The van der Waals surface area contributed by atoms with Gasteiger partial charge in [0.15, 0.2) is 11.5 Å². The summed E-state index contributed by atoms with van der Waals surface area (Å²) in [5, 5.41) is 7.37. The van der Waals surface area contributed by atoms with Gasteiger partial charge in [0.05, 0.1) is 11.6 Å². The molecule has 6 nitrogen and oxygen atoms in total. The van der Waals surface area contributed by atoms with Gasteiger partial charge in [0.1, 0.15) is 5.69 Å². The van der Waals surface area contributed by atoms with Crippen molar-refractivity contribution < 1.29 is 0 Å². The third kappa shape index (κ3) is 1.03. The number of nitroso groups, excluding NO2 is 1. The van der Waals surface area contributed by atoms with Gasteiger partial charge >= 0.3 is 0 Å². The molecule has 0 atom stereocenters. The standard InChI is InChI=1S/C7H7N5O/c1-12-7-5(6(8)10-12)2-4(11-13)3-9-7/h2-3H,1H3,(H2,8,10). The van der Waals surface area contributed by atoms with Gasteiger partial charge in [-0.25, -0.2) is 9.67 Å². The number of aryl methyl sites for hydroxylation is 1. The van der Waals surface area contributed by atoms with Crippen LogP contribution in [0.5, 0.6) is 0 Å². The lowest BCUT2D eigenvalue weighted by atomic mass is 10.3. The zero-order valence-corrected chi connectivity index (χ0v) is 6.93. The van der Waals surface area contributed by atoms with E-state index in [1.807, 2.05) is 0 Å². The van der Waals surface area contributed by atoms with E-state index in [9.17, 15) is 4.91 Å². The molecule has 2 aromatic heterocycles. The topological polar surface area (TPSA) is 86.2 Å². The molecular weight excluding hydrogens is 170 g/mol. The van der Waals surface area contributed by atoms with Gasteiger partial charge in [-0.15, -0.1) is 4.91 Å². The van der Waals surface area contributed by atoms with Gasteiger partial charge in [-0.1, -0.05) is 0 Å². The molecule has 0 aliphatic rings. The lowest BCUT2D eigenvalue weighted by Gasteiger charge is -1.91. The highest BCUT2D eigenvalue weighted by Gasteiger charge is 2.07. The molecule has 0 bridgehead atoms. The summed E-state index contributed by atoms with van der Waals surface area (Å²) in [5.41, 5.74) is 6.49. The molecule has 0 aliphatic carbocycles. The van der Waals surface area contributed by atoms with E-state index in [1.165, 1.54) is 6.20 Å². The van der Waals surface area contributed by atoms with E-state index >= 15 is 0 Å². The van der Waals surface area contributed by atoms with Crippen molar-refractivity contribution in [1.29, 1.82) is 0 Å². The van der Waals surface area contributed by atoms with Crippen LogP contribution in [-0.2, 0) is 7.05 Å². The largest absolute Gasteiger partial charge is 0.382 e. The Morgan fingerprint density at radius 1 is 1.62 bits per heavy atom. The van der Waals surface area contributed by atoms with E-state index < -0.39 is 0 Å². The van der Waals surface area contributed by atoms with E-state index in [4.69, 9.17) is 5.73 Å². The van der Waals surface area contributed by atoms with Crippen LogP contribution < -0.4 is 5.73 Å². The van der Waals surface area contributed by atoms with Gasteiger partial charge < -0.3 is 5.73 Å². The smallest absolute Gasteiger partial charge is 0.159 e. The lowest BCUT2D eigenvalue weighted by Crippen LogP contribution is -1.92. The summed E-state index contributed by atoms with van der Waals surface area (Å²) in [6, 6.07) is 1.57. The number of nitrogens with two attached hydrogens (primary N) is 1. The summed E-state index contributed by atoms with van der Waals surface area (Å²) in [6.45, 7) is 0. The van der Waals surface area contributed by atoms with Gasteiger partial charge in [0.25, 0.3) is 0 Å². The fraction of sp³-hybridized carbons (Fsp3) is 0.143. The van der Waals surface area contributed by atoms with Crippen molar-refractivity contribution in [3.05, 3.63) is 17.2 Å². The van der Waals surface area contributed by atoms with E-state index in [0.717, 1.165) is 0 Å². The maximum Gasteiger partial charge on any atom is 0.159 e. The fourth-order valence-electron chi connectivity index (χ4n) is 1.21. The minimum atomic E-state index is 0.257.